The molecule has 1 aliphatic heterocycles. The molecule has 3 nitrogen and oxygen atoms in total. The van der Waals surface area contributed by atoms with Crippen LogP contribution in [0.4, 0.5) is 5.82 Å². The second-order valence-electron chi connectivity index (χ2n) is 7.50. The van der Waals surface area contributed by atoms with Gasteiger partial charge in [-0.2, -0.15) is 0 Å². The minimum absolute atomic E-state index is 0.426. The lowest BCUT2D eigenvalue weighted by Gasteiger charge is -2.30. The summed E-state index contributed by atoms with van der Waals surface area (Å²) in [5.74, 6) is 2.01. The Bertz CT molecular complexity index is 462. The number of hydrogen-bond acceptors (Lipinski definition) is 3. The van der Waals surface area contributed by atoms with Gasteiger partial charge in [0, 0.05) is 25.8 Å². The van der Waals surface area contributed by atoms with Gasteiger partial charge in [0.1, 0.15) is 5.82 Å². The maximum absolute atomic E-state index is 4.74. The predicted molar refractivity (Wildman–Crippen MR) is 90.7 cm³/mol. The molecular weight excluding hydrogens is 258 g/mol. The van der Waals surface area contributed by atoms with Crippen LogP contribution in [0.3, 0.4) is 0 Å². The number of nitrogens with one attached hydrogen (secondary N) is 1. The summed E-state index contributed by atoms with van der Waals surface area (Å²) in [7, 11) is 1.98. The van der Waals surface area contributed by atoms with Gasteiger partial charge in [-0.1, -0.05) is 20.8 Å². The average Bonchev–Trinajstić information content (AvgIpc) is 2.64. The van der Waals surface area contributed by atoms with E-state index in [0.29, 0.717) is 5.41 Å². The molecule has 1 N–H and O–H groups in total. The van der Waals surface area contributed by atoms with Crippen LogP contribution in [0.2, 0.25) is 0 Å². The molecule has 1 aliphatic rings. The van der Waals surface area contributed by atoms with Gasteiger partial charge in [0.05, 0.1) is 0 Å². The lowest BCUT2D eigenvalue weighted by Crippen LogP contribution is -2.27. The largest absolute Gasteiger partial charge is 0.356 e. The quantitative estimate of drug-likeness (QED) is 0.918. The topological polar surface area (TPSA) is 28.2 Å². The van der Waals surface area contributed by atoms with Crippen molar-refractivity contribution in [2.24, 2.45) is 11.3 Å². The van der Waals surface area contributed by atoms with Crippen molar-refractivity contribution in [3.05, 3.63) is 23.4 Å². The molecule has 1 aromatic rings. The van der Waals surface area contributed by atoms with Crippen molar-refractivity contribution in [2.45, 2.75) is 53.5 Å². The van der Waals surface area contributed by atoms with Crippen molar-refractivity contribution >= 4 is 5.82 Å². The molecule has 1 fully saturated rings. The van der Waals surface area contributed by atoms with Gasteiger partial charge in [-0.15, -0.1) is 0 Å². The molecule has 1 saturated heterocycles. The molecule has 3 heteroatoms. The van der Waals surface area contributed by atoms with E-state index in [-0.39, 0.29) is 0 Å². The first-order chi connectivity index (χ1) is 9.91. The fraction of sp³-hybridized carbons (Fsp3) is 0.722. The van der Waals surface area contributed by atoms with Crippen LogP contribution in [-0.4, -0.2) is 25.1 Å². The summed E-state index contributed by atoms with van der Waals surface area (Å²) in [5, 5.41) is 3.19. The highest BCUT2D eigenvalue weighted by molar-refractivity contribution is 5.47. The highest BCUT2D eigenvalue weighted by atomic mass is 15.2. The summed E-state index contributed by atoms with van der Waals surface area (Å²) in [4.78, 5) is 7.23. The van der Waals surface area contributed by atoms with Crippen molar-refractivity contribution < 1.29 is 0 Å². The smallest absolute Gasteiger partial charge is 0.131 e. The molecule has 2 rings (SSSR count). The van der Waals surface area contributed by atoms with Crippen molar-refractivity contribution in [1.29, 1.82) is 0 Å². The summed E-state index contributed by atoms with van der Waals surface area (Å²) >= 11 is 0. The lowest BCUT2D eigenvalue weighted by atomic mass is 9.77. The minimum Gasteiger partial charge on any atom is -0.356 e. The fourth-order valence-electron chi connectivity index (χ4n) is 3.43. The Morgan fingerprint density at radius 2 is 2.05 bits per heavy atom. The van der Waals surface area contributed by atoms with Gasteiger partial charge in [0.25, 0.3) is 0 Å². The lowest BCUT2D eigenvalue weighted by molar-refractivity contribution is 0.220. The standard InChI is InChI=1S/C18H31N3/c1-14-11-15(12-19-5)13-20-17(14)21-9-6-7-16(8-10-21)18(2,3)4/h11,13,16,19H,6-10,12H2,1-5H3. The van der Waals surface area contributed by atoms with Crippen LogP contribution in [0.1, 0.15) is 51.2 Å². The van der Waals surface area contributed by atoms with Crippen LogP contribution in [0.5, 0.6) is 0 Å². The molecule has 0 aliphatic carbocycles. The van der Waals surface area contributed by atoms with Gasteiger partial charge >= 0.3 is 0 Å². The Balaban J connectivity index is 2.09. The zero-order valence-corrected chi connectivity index (χ0v) is 14.4. The van der Waals surface area contributed by atoms with Crippen LogP contribution in [0.15, 0.2) is 12.3 Å². The second-order valence-corrected chi connectivity index (χ2v) is 7.50. The highest BCUT2D eigenvalue weighted by Gasteiger charge is 2.27. The predicted octanol–water partition coefficient (Wildman–Crippen LogP) is 3.76. The Morgan fingerprint density at radius 3 is 2.67 bits per heavy atom. The molecule has 0 amide bonds. The minimum atomic E-state index is 0.426. The van der Waals surface area contributed by atoms with E-state index in [4.69, 9.17) is 4.98 Å². The van der Waals surface area contributed by atoms with E-state index in [1.54, 1.807) is 0 Å². The fourth-order valence-corrected chi connectivity index (χ4v) is 3.43. The summed E-state index contributed by atoms with van der Waals surface area (Å²) < 4.78 is 0. The van der Waals surface area contributed by atoms with E-state index < -0.39 is 0 Å². The summed E-state index contributed by atoms with van der Waals surface area (Å²) in [6.45, 7) is 12.5. The van der Waals surface area contributed by atoms with E-state index in [0.717, 1.165) is 25.6 Å². The van der Waals surface area contributed by atoms with Gasteiger partial charge in [-0.3, -0.25) is 0 Å². The van der Waals surface area contributed by atoms with Crippen molar-refractivity contribution in [2.75, 3.05) is 25.0 Å². The van der Waals surface area contributed by atoms with Crippen LogP contribution >= 0.6 is 0 Å². The number of pyridine rings is 1. The normalized spacial score (nSPS) is 20.4. The number of nitrogens with zero attached hydrogens (tertiary/aromatic N) is 2. The first-order valence-corrected chi connectivity index (χ1v) is 8.27. The maximum atomic E-state index is 4.74. The number of aromatic nitrogens is 1. The van der Waals surface area contributed by atoms with E-state index in [1.165, 1.54) is 36.2 Å². The Kier molecular flexibility index (Phi) is 5.26. The molecule has 0 spiro atoms. The molecular formula is C18H31N3. The molecule has 0 aromatic carbocycles. The van der Waals surface area contributed by atoms with Gasteiger partial charge in [0.15, 0.2) is 0 Å². The highest BCUT2D eigenvalue weighted by Crippen LogP contribution is 2.35. The number of anilines is 1. The van der Waals surface area contributed by atoms with Crippen LogP contribution in [0.25, 0.3) is 0 Å². The van der Waals surface area contributed by atoms with Crippen LogP contribution in [-0.2, 0) is 6.54 Å². The van der Waals surface area contributed by atoms with Crippen molar-refractivity contribution in [3.63, 3.8) is 0 Å². The molecule has 118 valence electrons. The summed E-state index contributed by atoms with van der Waals surface area (Å²) in [5.41, 5.74) is 2.99. The Morgan fingerprint density at radius 1 is 1.29 bits per heavy atom. The molecule has 1 aromatic heterocycles. The first kappa shape index (κ1) is 16.3. The molecule has 2 heterocycles. The van der Waals surface area contributed by atoms with Gasteiger partial charge in [-0.05, 0) is 61.8 Å². The van der Waals surface area contributed by atoms with E-state index in [9.17, 15) is 0 Å². The van der Waals surface area contributed by atoms with E-state index in [1.807, 2.05) is 13.2 Å². The van der Waals surface area contributed by atoms with Gasteiger partial charge in [-0.25, -0.2) is 4.98 Å². The Labute approximate surface area is 130 Å². The van der Waals surface area contributed by atoms with Gasteiger partial charge < -0.3 is 10.2 Å². The second kappa shape index (κ2) is 6.78. The van der Waals surface area contributed by atoms with Crippen molar-refractivity contribution in [3.8, 4) is 0 Å². The molecule has 0 bridgehead atoms. The molecule has 0 radical (unpaired) electrons. The third-order valence-corrected chi connectivity index (χ3v) is 4.74. The van der Waals surface area contributed by atoms with Gasteiger partial charge in [0.2, 0.25) is 0 Å². The Hall–Kier alpha value is -1.09. The van der Waals surface area contributed by atoms with Crippen LogP contribution < -0.4 is 10.2 Å². The zero-order valence-electron chi connectivity index (χ0n) is 14.4. The number of hydrogen-bond donors (Lipinski definition) is 1. The van der Waals surface area contributed by atoms with Crippen LogP contribution in [0, 0.1) is 18.3 Å². The SMILES string of the molecule is CNCc1cnc(N2CCCC(C(C)(C)C)CC2)c(C)c1. The van der Waals surface area contributed by atoms with E-state index in [2.05, 4.69) is 44.0 Å². The molecule has 1 unspecified atom stereocenters. The molecule has 0 saturated carbocycles. The molecule has 21 heavy (non-hydrogen) atoms. The first-order valence-electron chi connectivity index (χ1n) is 8.27. The van der Waals surface area contributed by atoms with E-state index >= 15 is 0 Å². The maximum Gasteiger partial charge on any atom is 0.131 e. The third-order valence-electron chi connectivity index (χ3n) is 4.74. The number of rotatable bonds is 3. The zero-order chi connectivity index (χ0) is 15.5. The average molecular weight is 289 g/mol. The monoisotopic (exact) mass is 289 g/mol. The summed E-state index contributed by atoms with van der Waals surface area (Å²) in [6, 6.07) is 2.27. The number of aryl methyl sites for hydroxylation is 1. The summed E-state index contributed by atoms with van der Waals surface area (Å²) in [6.07, 6.45) is 5.92. The van der Waals surface area contributed by atoms with Crippen molar-refractivity contribution in [1.82, 2.24) is 10.3 Å². The third kappa shape index (κ3) is 4.19. The molecule has 1 atom stereocenters.